The fourth-order valence-electron chi connectivity index (χ4n) is 2.09. The van der Waals surface area contributed by atoms with Crippen molar-refractivity contribution in [3.63, 3.8) is 0 Å². The lowest BCUT2D eigenvalue weighted by atomic mass is 10.1. The Morgan fingerprint density at radius 1 is 1.26 bits per heavy atom. The van der Waals surface area contributed by atoms with Gasteiger partial charge in [0.1, 0.15) is 11.6 Å². The number of nitrogens with one attached hydrogen (secondary N) is 2. The van der Waals surface area contributed by atoms with Gasteiger partial charge < -0.3 is 10.6 Å². The Labute approximate surface area is 135 Å². The molecule has 1 aromatic carbocycles. The first-order valence-corrected chi connectivity index (χ1v) is 7.37. The van der Waals surface area contributed by atoms with Crippen LogP contribution >= 0.6 is 0 Å². The van der Waals surface area contributed by atoms with Crippen LogP contribution < -0.4 is 10.6 Å². The summed E-state index contributed by atoms with van der Waals surface area (Å²) in [6, 6.07) is 7.71. The van der Waals surface area contributed by atoms with E-state index in [9.17, 15) is 10.1 Å². The van der Waals surface area contributed by atoms with Gasteiger partial charge in [0.15, 0.2) is 5.82 Å². The van der Waals surface area contributed by atoms with Crippen molar-refractivity contribution in [3.8, 4) is 6.07 Å². The Morgan fingerprint density at radius 3 is 2.61 bits per heavy atom. The molecule has 118 valence electrons. The lowest BCUT2D eigenvalue weighted by Gasteiger charge is -2.12. The van der Waals surface area contributed by atoms with Crippen molar-refractivity contribution < 1.29 is 4.79 Å². The number of hydrogen-bond acceptors (Lipinski definition) is 5. The van der Waals surface area contributed by atoms with E-state index < -0.39 is 0 Å². The van der Waals surface area contributed by atoms with Crippen LogP contribution in [0.4, 0.5) is 17.2 Å². The van der Waals surface area contributed by atoms with E-state index in [1.807, 2.05) is 45.9 Å². The molecule has 0 bridgehead atoms. The minimum atomic E-state index is -0.0272. The first kappa shape index (κ1) is 16.4. The van der Waals surface area contributed by atoms with Crippen LogP contribution in [0.5, 0.6) is 0 Å². The zero-order chi connectivity index (χ0) is 17.0. The number of carbonyl (C=O) groups is 1. The van der Waals surface area contributed by atoms with E-state index in [1.54, 1.807) is 0 Å². The minimum absolute atomic E-state index is 0.0272. The van der Waals surface area contributed by atoms with Crippen LogP contribution in [0, 0.1) is 32.1 Å². The molecule has 0 fully saturated rings. The molecule has 6 heteroatoms. The van der Waals surface area contributed by atoms with E-state index in [1.165, 1.54) is 0 Å². The number of benzene rings is 1. The minimum Gasteiger partial charge on any atom is -0.338 e. The molecule has 0 saturated carbocycles. The maximum absolute atomic E-state index is 11.5. The van der Waals surface area contributed by atoms with E-state index in [2.05, 4.69) is 26.9 Å². The van der Waals surface area contributed by atoms with Crippen molar-refractivity contribution in [2.24, 2.45) is 0 Å². The Morgan fingerprint density at radius 2 is 2.00 bits per heavy atom. The molecule has 0 saturated heterocycles. The third-order valence-electron chi connectivity index (χ3n) is 3.65. The smallest absolute Gasteiger partial charge is 0.224 e. The van der Waals surface area contributed by atoms with Gasteiger partial charge in [-0.15, -0.1) is 5.10 Å². The van der Waals surface area contributed by atoms with Crippen molar-refractivity contribution in [1.29, 1.82) is 5.26 Å². The molecule has 6 nitrogen and oxygen atoms in total. The molecule has 0 spiro atoms. The molecule has 1 heterocycles. The van der Waals surface area contributed by atoms with E-state index >= 15 is 0 Å². The molecule has 0 atom stereocenters. The van der Waals surface area contributed by atoms with Crippen molar-refractivity contribution in [3.05, 3.63) is 40.6 Å². The average Bonchev–Trinajstić information content (AvgIpc) is 2.53. The lowest BCUT2D eigenvalue weighted by molar-refractivity contribution is -0.115. The second-order valence-corrected chi connectivity index (χ2v) is 5.30. The Kier molecular flexibility index (Phi) is 4.91. The van der Waals surface area contributed by atoms with Crippen LogP contribution in [0.25, 0.3) is 0 Å². The van der Waals surface area contributed by atoms with Crippen molar-refractivity contribution in [2.45, 2.75) is 34.1 Å². The van der Waals surface area contributed by atoms with E-state index in [-0.39, 0.29) is 5.91 Å². The molecule has 0 aliphatic carbocycles. The topological polar surface area (TPSA) is 90.7 Å². The Hall–Kier alpha value is -2.94. The number of amides is 1. The molecular formula is C17H19N5O. The van der Waals surface area contributed by atoms with Gasteiger partial charge in [-0.3, -0.25) is 4.79 Å². The number of nitriles is 1. The van der Waals surface area contributed by atoms with Crippen LogP contribution in [-0.2, 0) is 4.79 Å². The van der Waals surface area contributed by atoms with Crippen molar-refractivity contribution in [1.82, 2.24) is 10.2 Å². The molecule has 1 aromatic heterocycles. The largest absolute Gasteiger partial charge is 0.338 e. The Balaban J connectivity index is 2.29. The van der Waals surface area contributed by atoms with Gasteiger partial charge in [0.25, 0.3) is 0 Å². The normalized spacial score (nSPS) is 10.0. The molecule has 1 amide bonds. The SMILES string of the molecule is CCC(=O)Nc1ccc(Nc2nnc(C)c(C)c2C#N)cc1C. The first-order chi connectivity index (χ1) is 11.0. The molecule has 23 heavy (non-hydrogen) atoms. The monoisotopic (exact) mass is 309 g/mol. The fourth-order valence-corrected chi connectivity index (χ4v) is 2.09. The fraction of sp³-hybridized carbons (Fsp3) is 0.294. The highest BCUT2D eigenvalue weighted by Crippen LogP contribution is 2.25. The molecule has 0 aliphatic heterocycles. The maximum Gasteiger partial charge on any atom is 0.224 e. The van der Waals surface area contributed by atoms with Crippen molar-refractivity contribution >= 4 is 23.1 Å². The summed E-state index contributed by atoms with van der Waals surface area (Å²) in [6.45, 7) is 7.39. The van der Waals surface area contributed by atoms with E-state index in [4.69, 9.17) is 0 Å². The summed E-state index contributed by atoms with van der Waals surface area (Å²) in [5, 5.41) is 23.4. The molecule has 0 radical (unpaired) electrons. The van der Waals surface area contributed by atoms with Crippen LogP contribution in [0.15, 0.2) is 18.2 Å². The van der Waals surface area contributed by atoms with Crippen LogP contribution in [-0.4, -0.2) is 16.1 Å². The van der Waals surface area contributed by atoms with Gasteiger partial charge in [-0.1, -0.05) is 6.92 Å². The Bertz CT molecular complexity index is 792. The maximum atomic E-state index is 11.5. The van der Waals surface area contributed by atoms with Crippen LogP contribution in [0.1, 0.15) is 35.7 Å². The number of aromatic nitrogens is 2. The third kappa shape index (κ3) is 3.64. The molecule has 2 aromatic rings. The highest BCUT2D eigenvalue weighted by Gasteiger charge is 2.11. The summed E-state index contributed by atoms with van der Waals surface area (Å²) < 4.78 is 0. The summed E-state index contributed by atoms with van der Waals surface area (Å²) in [5.74, 6) is 0.404. The summed E-state index contributed by atoms with van der Waals surface area (Å²) in [6.07, 6.45) is 0.434. The third-order valence-corrected chi connectivity index (χ3v) is 3.65. The number of nitrogens with zero attached hydrogens (tertiary/aromatic N) is 3. The molecular weight excluding hydrogens is 290 g/mol. The summed E-state index contributed by atoms with van der Waals surface area (Å²) >= 11 is 0. The summed E-state index contributed by atoms with van der Waals surface area (Å²) in [5.41, 5.74) is 4.51. The standard InChI is InChI=1S/C17H19N5O/c1-5-16(23)20-15-7-6-13(8-10(15)2)19-17-14(9-18)11(3)12(4)21-22-17/h6-8H,5H2,1-4H3,(H,19,22)(H,20,23). The van der Waals surface area contributed by atoms with E-state index in [0.29, 0.717) is 17.8 Å². The second-order valence-electron chi connectivity index (χ2n) is 5.30. The molecule has 2 rings (SSSR count). The van der Waals surface area contributed by atoms with E-state index in [0.717, 1.165) is 28.2 Å². The van der Waals surface area contributed by atoms with Gasteiger partial charge in [-0.05, 0) is 50.1 Å². The number of hydrogen-bond donors (Lipinski definition) is 2. The highest BCUT2D eigenvalue weighted by molar-refractivity contribution is 5.91. The number of aryl methyl sites for hydroxylation is 2. The van der Waals surface area contributed by atoms with Gasteiger partial charge in [0.2, 0.25) is 5.91 Å². The van der Waals surface area contributed by atoms with Gasteiger partial charge in [0.05, 0.1) is 5.69 Å². The zero-order valence-corrected chi connectivity index (χ0v) is 13.7. The predicted molar refractivity (Wildman–Crippen MR) is 89.6 cm³/mol. The van der Waals surface area contributed by atoms with Gasteiger partial charge in [0, 0.05) is 17.8 Å². The number of carbonyl (C=O) groups excluding carboxylic acids is 1. The number of anilines is 3. The summed E-state index contributed by atoms with van der Waals surface area (Å²) in [4.78, 5) is 11.5. The predicted octanol–water partition coefficient (Wildman–Crippen LogP) is 3.37. The number of rotatable bonds is 4. The molecule has 0 unspecified atom stereocenters. The zero-order valence-electron chi connectivity index (χ0n) is 13.7. The first-order valence-electron chi connectivity index (χ1n) is 7.37. The van der Waals surface area contributed by atoms with Crippen LogP contribution in [0.2, 0.25) is 0 Å². The highest BCUT2D eigenvalue weighted by atomic mass is 16.1. The van der Waals surface area contributed by atoms with Crippen LogP contribution in [0.3, 0.4) is 0 Å². The average molecular weight is 309 g/mol. The second kappa shape index (κ2) is 6.88. The molecule has 0 aliphatic rings. The van der Waals surface area contributed by atoms with Gasteiger partial charge in [-0.25, -0.2) is 0 Å². The van der Waals surface area contributed by atoms with Gasteiger partial charge >= 0.3 is 0 Å². The van der Waals surface area contributed by atoms with Crippen molar-refractivity contribution in [2.75, 3.05) is 10.6 Å². The molecule has 2 N–H and O–H groups in total. The van der Waals surface area contributed by atoms with Gasteiger partial charge in [-0.2, -0.15) is 10.4 Å². The summed E-state index contributed by atoms with van der Waals surface area (Å²) in [7, 11) is 0. The lowest BCUT2D eigenvalue weighted by Crippen LogP contribution is -2.10. The quantitative estimate of drug-likeness (QED) is 0.903.